The third-order valence-corrected chi connectivity index (χ3v) is 3.36. The molecule has 82 valence electrons. The van der Waals surface area contributed by atoms with Gasteiger partial charge in [0.2, 0.25) is 0 Å². The van der Waals surface area contributed by atoms with Crippen LogP contribution in [0.4, 0.5) is 0 Å². The fraction of sp³-hybridized carbons (Fsp3) is 0.538. The van der Waals surface area contributed by atoms with Gasteiger partial charge in [0, 0.05) is 12.1 Å². The van der Waals surface area contributed by atoms with Gasteiger partial charge >= 0.3 is 0 Å². The number of likely N-dealkylation sites (tertiary alicyclic amines) is 1. The van der Waals surface area contributed by atoms with Crippen LogP contribution in [0.2, 0.25) is 0 Å². The molecule has 2 nitrogen and oxygen atoms in total. The first-order chi connectivity index (χ1) is 7.25. The second kappa shape index (κ2) is 4.77. The van der Waals surface area contributed by atoms with Crippen molar-refractivity contribution in [3.8, 4) is 0 Å². The van der Waals surface area contributed by atoms with Crippen LogP contribution < -0.4 is 5.73 Å². The molecular weight excluding hydrogens is 184 g/mol. The Morgan fingerprint density at radius 3 is 2.80 bits per heavy atom. The van der Waals surface area contributed by atoms with Crippen molar-refractivity contribution in [2.45, 2.75) is 31.3 Å². The Balaban J connectivity index is 1.98. The van der Waals surface area contributed by atoms with Crippen LogP contribution in [0.25, 0.3) is 0 Å². The molecule has 0 aromatic heterocycles. The molecular formula is C13H20N2. The Hall–Kier alpha value is -0.860. The van der Waals surface area contributed by atoms with Gasteiger partial charge in [-0.05, 0) is 38.4 Å². The summed E-state index contributed by atoms with van der Waals surface area (Å²) in [5.41, 5.74) is 7.43. The van der Waals surface area contributed by atoms with Crippen molar-refractivity contribution in [2.24, 2.45) is 5.73 Å². The Bertz CT molecular complexity index is 297. The number of hydrogen-bond donors (Lipinski definition) is 1. The number of nitrogens with zero attached hydrogens (tertiary/aromatic N) is 1. The molecule has 15 heavy (non-hydrogen) atoms. The van der Waals surface area contributed by atoms with Gasteiger partial charge in [0.1, 0.15) is 0 Å². The molecule has 2 atom stereocenters. The topological polar surface area (TPSA) is 29.3 Å². The maximum Gasteiger partial charge on any atom is 0.0147 e. The summed E-state index contributed by atoms with van der Waals surface area (Å²) in [6.07, 6.45) is 3.40. The van der Waals surface area contributed by atoms with E-state index in [1.54, 1.807) is 0 Å². The molecule has 1 fully saturated rings. The van der Waals surface area contributed by atoms with Crippen molar-refractivity contribution >= 4 is 0 Å². The van der Waals surface area contributed by atoms with Gasteiger partial charge < -0.3 is 10.6 Å². The van der Waals surface area contributed by atoms with Gasteiger partial charge in [-0.15, -0.1) is 0 Å². The highest BCUT2D eigenvalue weighted by molar-refractivity contribution is 5.16. The second-order valence-electron chi connectivity index (χ2n) is 4.61. The van der Waals surface area contributed by atoms with E-state index in [0.717, 1.165) is 25.8 Å². The third-order valence-electron chi connectivity index (χ3n) is 3.36. The van der Waals surface area contributed by atoms with Gasteiger partial charge in [0.15, 0.2) is 0 Å². The van der Waals surface area contributed by atoms with Crippen LogP contribution >= 0.6 is 0 Å². The van der Waals surface area contributed by atoms with Crippen molar-refractivity contribution in [2.75, 3.05) is 13.6 Å². The van der Waals surface area contributed by atoms with Crippen LogP contribution in [-0.4, -0.2) is 30.6 Å². The van der Waals surface area contributed by atoms with E-state index in [1.165, 1.54) is 5.56 Å². The quantitative estimate of drug-likeness (QED) is 0.793. The number of rotatable bonds is 2. The molecule has 0 spiro atoms. The SMILES string of the molecule is CN1CCC(N)CC1Cc1ccccc1. The lowest BCUT2D eigenvalue weighted by atomic mass is 9.93. The molecule has 0 amide bonds. The van der Waals surface area contributed by atoms with E-state index >= 15 is 0 Å². The summed E-state index contributed by atoms with van der Waals surface area (Å²) in [4.78, 5) is 2.44. The maximum absolute atomic E-state index is 6.01. The van der Waals surface area contributed by atoms with Crippen LogP contribution in [-0.2, 0) is 6.42 Å². The fourth-order valence-electron chi connectivity index (χ4n) is 2.32. The molecule has 1 aromatic rings. The fourth-order valence-corrected chi connectivity index (χ4v) is 2.32. The summed E-state index contributed by atoms with van der Waals surface area (Å²) < 4.78 is 0. The summed E-state index contributed by atoms with van der Waals surface area (Å²) in [6, 6.07) is 11.7. The molecule has 1 aromatic carbocycles. The van der Waals surface area contributed by atoms with E-state index in [2.05, 4.69) is 42.3 Å². The van der Waals surface area contributed by atoms with E-state index in [-0.39, 0.29) is 0 Å². The summed E-state index contributed by atoms with van der Waals surface area (Å²) >= 11 is 0. The van der Waals surface area contributed by atoms with E-state index in [1.807, 2.05) is 0 Å². The third kappa shape index (κ3) is 2.80. The van der Waals surface area contributed by atoms with E-state index in [9.17, 15) is 0 Å². The molecule has 1 aliphatic rings. The Morgan fingerprint density at radius 2 is 2.07 bits per heavy atom. The van der Waals surface area contributed by atoms with Crippen LogP contribution in [0.3, 0.4) is 0 Å². The van der Waals surface area contributed by atoms with Gasteiger partial charge in [0.25, 0.3) is 0 Å². The van der Waals surface area contributed by atoms with Crippen molar-refractivity contribution in [3.05, 3.63) is 35.9 Å². The smallest absolute Gasteiger partial charge is 0.0147 e. The largest absolute Gasteiger partial charge is 0.328 e. The number of likely N-dealkylation sites (N-methyl/N-ethyl adjacent to an activating group) is 1. The zero-order chi connectivity index (χ0) is 10.7. The van der Waals surface area contributed by atoms with Crippen molar-refractivity contribution < 1.29 is 0 Å². The van der Waals surface area contributed by atoms with Gasteiger partial charge in [-0.25, -0.2) is 0 Å². The highest BCUT2D eigenvalue weighted by atomic mass is 15.1. The van der Waals surface area contributed by atoms with E-state index < -0.39 is 0 Å². The lowest BCUT2D eigenvalue weighted by molar-refractivity contribution is 0.169. The number of hydrogen-bond acceptors (Lipinski definition) is 2. The predicted octanol–water partition coefficient (Wildman–Crippen LogP) is 1.65. The Morgan fingerprint density at radius 1 is 1.33 bits per heavy atom. The minimum Gasteiger partial charge on any atom is -0.328 e. The molecule has 1 heterocycles. The van der Waals surface area contributed by atoms with Gasteiger partial charge in [-0.2, -0.15) is 0 Å². The highest BCUT2D eigenvalue weighted by Crippen LogP contribution is 2.18. The van der Waals surface area contributed by atoms with Crippen LogP contribution in [0.15, 0.2) is 30.3 Å². The minimum atomic E-state index is 0.398. The minimum absolute atomic E-state index is 0.398. The normalized spacial score (nSPS) is 27.9. The predicted molar refractivity (Wildman–Crippen MR) is 63.8 cm³/mol. The lowest BCUT2D eigenvalue weighted by Gasteiger charge is -2.35. The standard InChI is InChI=1S/C13H20N2/c1-15-8-7-12(14)10-13(15)9-11-5-3-2-4-6-11/h2-6,12-13H,7-10,14H2,1H3. The average Bonchev–Trinajstić information content (AvgIpc) is 2.25. The summed E-state index contributed by atoms with van der Waals surface area (Å²) in [7, 11) is 2.21. The molecule has 1 saturated heterocycles. The molecule has 0 bridgehead atoms. The van der Waals surface area contributed by atoms with Crippen molar-refractivity contribution in [1.82, 2.24) is 4.90 Å². The molecule has 2 heteroatoms. The zero-order valence-electron chi connectivity index (χ0n) is 9.39. The van der Waals surface area contributed by atoms with Crippen LogP contribution in [0.1, 0.15) is 18.4 Å². The average molecular weight is 204 g/mol. The van der Waals surface area contributed by atoms with Crippen molar-refractivity contribution in [3.63, 3.8) is 0 Å². The molecule has 0 saturated carbocycles. The molecule has 2 rings (SSSR count). The van der Waals surface area contributed by atoms with E-state index in [0.29, 0.717) is 12.1 Å². The number of benzene rings is 1. The summed E-state index contributed by atoms with van der Waals surface area (Å²) in [6.45, 7) is 1.14. The van der Waals surface area contributed by atoms with Gasteiger partial charge in [0.05, 0.1) is 0 Å². The molecule has 0 radical (unpaired) electrons. The van der Waals surface area contributed by atoms with Crippen molar-refractivity contribution in [1.29, 1.82) is 0 Å². The zero-order valence-corrected chi connectivity index (χ0v) is 9.39. The number of nitrogens with two attached hydrogens (primary N) is 1. The second-order valence-corrected chi connectivity index (χ2v) is 4.61. The van der Waals surface area contributed by atoms with Gasteiger partial charge in [-0.1, -0.05) is 30.3 Å². The first kappa shape index (κ1) is 10.7. The summed E-state index contributed by atoms with van der Waals surface area (Å²) in [5, 5.41) is 0. The van der Waals surface area contributed by atoms with Crippen LogP contribution in [0.5, 0.6) is 0 Å². The highest BCUT2D eigenvalue weighted by Gasteiger charge is 2.23. The Kier molecular flexibility index (Phi) is 3.39. The first-order valence-corrected chi connectivity index (χ1v) is 5.75. The number of piperidine rings is 1. The molecule has 1 aliphatic heterocycles. The Labute approximate surface area is 92.1 Å². The monoisotopic (exact) mass is 204 g/mol. The first-order valence-electron chi connectivity index (χ1n) is 5.75. The summed E-state index contributed by atoms with van der Waals surface area (Å²) in [5.74, 6) is 0. The molecule has 0 aliphatic carbocycles. The molecule has 2 N–H and O–H groups in total. The van der Waals surface area contributed by atoms with E-state index in [4.69, 9.17) is 5.73 Å². The lowest BCUT2D eigenvalue weighted by Crippen LogP contribution is -2.45. The van der Waals surface area contributed by atoms with Gasteiger partial charge in [-0.3, -0.25) is 0 Å². The van der Waals surface area contributed by atoms with Crippen LogP contribution in [0, 0.1) is 0 Å². The molecule has 2 unspecified atom stereocenters. The maximum atomic E-state index is 6.01.